The molecule has 1 saturated carbocycles. The second-order valence-corrected chi connectivity index (χ2v) is 6.27. The zero-order chi connectivity index (χ0) is 16.1. The van der Waals surface area contributed by atoms with E-state index in [1.54, 1.807) is 4.90 Å². The molecule has 1 aliphatic rings. The molecule has 0 unspecified atom stereocenters. The van der Waals surface area contributed by atoms with Crippen molar-refractivity contribution in [2.75, 3.05) is 18.0 Å². The summed E-state index contributed by atoms with van der Waals surface area (Å²) < 4.78 is 0. The van der Waals surface area contributed by atoms with Crippen LogP contribution in [0, 0.1) is 11.8 Å². The summed E-state index contributed by atoms with van der Waals surface area (Å²) in [5.41, 5.74) is 6.66. The highest BCUT2D eigenvalue weighted by Crippen LogP contribution is 2.31. The van der Waals surface area contributed by atoms with E-state index >= 15 is 0 Å². The Morgan fingerprint density at radius 3 is 2.39 bits per heavy atom. The van der Waals surface area contributed by atoms with Crippen LogP contribution in [-0.2, 0) is 9.59 Å². The normalized spacial score (nSPS) is 14.8. The quantitative estimate of drug-likeness (QED) is 0.797. The Kier molecular flexibility index (Phi) is 7.52. The fourth-order valence-electron chi connectivity index (χ4n) is 2.20. The third-order valence-electron chi connectivity index (χ3n) is 3.94. The molecule has 3 N–H and O–H groups in total. The molecule has 2 rings (SSSR count). The monoisotopic (exact) mass is 339 g/mol. The summed E-state index contributed by atoms with van der Waals surface area (Å²) in [5.74, 6) is 0.259. The van der Waals surface area contributed by atoms with Gasteiger partial charge in [-0.3, -0.25) is 9.59 Å². The van der Waals surface area contributed by atoms with Crippen LogP contribution in [0.2, 0.25) is 0 Å². The Hall–Kier alpha value is -1.59. The molecule has 0 radical (unpaired) electrons. The summed E-state index contributed by atoms with van der Waals surface area (Å²) in [6.45, 7) is 4.47. The summed E-state index contributed by atoms with van der Waals surface area (Å²) in [5, 5.41) is 2.65. The van der Waals surface area contributed by atoms with Crippen molar-refractivity contribution in [3.63, 3.8) is 0 Å². The molecule has 6 heteroatoms. The lowest BCUT2D eigenvalue weighted by Gasteiger charge is -2.23. The minimum atomic E-state index is -0.582. The lowest BCUT2D eigenvalue weighted by Crippen LogP contribution is -2.48. The van der Waals surface area contributed by atoms with Gasteiger partial charge in [0.05, 0.1) is 12.6 Å². The van der Waals surface area contributed by atoms with Crippen molar-refractivity contribution in [3.8, 4) is 0 Å². The van der Waals surface area contributed by atoms with Crippen molar-refractivity contribution in [1.29, 1.82) is 0 Å². The van der Waals surface area contributed by atoms with Crippen LogP contribution in [0.25, 0.3) is 0 Å². The van der Waals surface area contributed by atoms with E-state index in [2.05, 4.69) is 5.32 Å². The van der Waals surface area contributed by atoms with Gasteiger partial charge in [0.15, 0.2) is 0 Å². The van der Waals surface area contributed by atoms with Gasteiger partial charge in [-0.25, -0.2) is 0 Å². The van der Waals surface area contributed by atoms with E-state index in [0.717, 1.165) is 12.2 Å². The number of nitrogens with two attached hydrogens (primary N) is 1. The van der Waals surface area contributed by atoms with Crippen LogP contribution in [0.4, 0.5) is 5.69 Å². The van der Waals surface area contributed by atoms with Crippen LogP contribution < -0.4 is 16.0 Å². The first-order valence-corrected chi connectivity index (χ1v) is 7.87. The number of para-hydroxylation sites is 1. The number of anilines is 1. The van der Waals surface area contributed by atoms with Crippen LogP contribution in [0.1, 0.15) is 26.7 Å². The van der Waals surface area contributed by atoms with Gasteiger partial charge in [-0.2, -0.15) is 0 Å². The van der Waals surface area contributed by atoms with Crippen molar-refractivity contribution in [2.24, 2.45) is 17.6 Å². The van der Waals surface area contributed by atoms with E-state index in [9.17, 15) is 9.59 Å². The fourth-order valence-corrected chi connectivity index (χ4v) is 2.20. The summed E-state index contributed by atoms with van der Waals surface area (Å²) in [4.78, 5) is 26.1. The number of nitrogens with zero attached hydrogens (tertiary/aromatic N) is 1. The Balaban J connectivity index is 0.00000264. The summed E-state index contributed by atoms with van der Waals surface area (Å²) in [7, 11) is 0. The molecule has 1 fully saturated rings. The molecule has 0 bridgehead atoms. The average Bonchev–Trinajstić information content (AvgIpc) is 3.34. The molecular weight excluding hydrogens is 314 g/mol. The van der Waals surface area contributed by atoms with Crippen LogP contribution >= 0.6 is 12.4 Å². The highest BCUT2D eigenvalue weighted by molar-refractivity contribution is 5.97. The van der Waals surface area contributed by atoms with Gasteiger partial charge >= 0.3 is 0 Å². The topological polar surface area (TPSA) is 75.4 Å². The fraction of sp³-hybridized carbons (Fsp3) is 0.529. The van der Waals surface area contributed by atoms with Gasteiger partial charge < -0.3 is 16.0 Å². The second kappa shape index (κ2) is 8.89. The van der Waals surface area contributed by atoms with E-state index in [0.29, 0.717) is 5.92 Å². The molecule has 0 saturated heterocycles. The van der Waals surface area contributed by atoms with Crippen LogP contribution in [0.3, 0.4) is 0 Å². The molecule has 0 spiro atoms. The van der Waals surface area contributed by atoms with Gasteiger partial charge in [0.1, 0.15) is 0 Å². The van der Waals surface area contributed by atoms with E-state index in [4.69, 9.17) is 5.73 Å². The maximum Gasteiger partial charge on any atom is 0.246 e. The number of hydrogen-bond donors (Lipinski definition) is 2. The first-order valence-electron chi connectivity index (χ1n) is 7.87. The Bertz CT molecular complexity index is 518. The Labute approximate surface area is 144 Å². The molecule has 1 aliphatic carbocycles. The van der Waals surface area contributed by atoms with E-state index in [-0.39, 0.29) is 36.7 Å². The van der Waals surface area contributed by atoms with Crippen molar-refractivity contribution in [3.05, 3.63) is 30.3 Å². The zero-order valence-electron chi connectivity index (χ0n) is 13.7. The van der Waals surface area contributed by atoms with Crippen molar-refractivity contribution < 1.29 is 9.59 Å². The molecule has 1 aromatic rings. The third kappa shape index (κ3) is 5.84. The summed E-state index contributed by atoms with van der Waals surface area (Å²) in [6, 6.07) is 9.00. The number of hydrogen-bond acceptors (Lipinski definition) is 3. The first kappa shape index (κ1) is 19.5. The molecule has 0 aromatic heterocycles. The zero-order valence-corrected chi connectivity index (χ0v) is 14.5. The largest absolute Gasteiger partial charge is 0.346 e. The van der Waals surface area contributed by atoms with Crippen LogP contribution in [0.5, 0.6) is 0 Å². The molecule has 128 valence electrons. The minimum absolute atomic E-state index is 0. The Morgan fingerprint density at radius 1 is 1.26 bits per heavy atom. The average molecular weight is 340 g/mol. The standard InChI is InChI=1S/C17H25N3O2.ClH/c1-12(2)16(18)17(22)19-10-15(21)20(11-13-8-9-13)14-6-4-3-5-7-14;/h3-7,12-13,16H,8-11,18H2,1-2H3,(H,19,22);1H/t16-;/m0./s1. The number of carbonyl (C=O) groups excluding carboxylic acids is 2. The first-order chi connectivity index (χ1) is 10.5. The number of carbonyl (C=O) groups is 2. The van der Waals surface area contributed by atoms with Gasteiger partial charge in [0.2, 0.25) is 11.8 Å². The van der Waals surface area contributed by atoms with Gasteiger partial charge in [-0.1, -0.05) is 32.0 Å². The highest BCUT2D eigenvalue weighted by atomic mass is 35.5. The molecule has 0 aliphatic heterocycles. The van der Waals surface area contributed by atoms with E-state index < -0.39 is 6.04 Å². The molecule has 0 heterocycles. The Morgan fingerprint density at radius 2 is 1.87 bits per heavy atom. The number of nitrogens with one attached hydrogen (secondary N) is 1. The number of benzene rings is 1. The van der Waals surface area contributed by atoms with Gasteiger partial charge in [0, 0.05) is 12.2 Å². The molecule has 1 aromatic carbocycles. The predicted molar refractivity (Wildman–Crippen MR) is 94.6 cm³/mol. The predicted octanol–water partition coefficient (Wildman–Crippen LogP) is 1.95. The van der Waals surface area contributed by atoms with E-state index in [1.807, 2.05) is 44.2 Å². The number of rotatable bonds is 7. The van der Waals surface area contributed by atoms with Gasteiger partial charge in [0.25, 0.3) is 0 Å². The third-order valence-corrected chi connectivity index (χ3v) is 3.94. The molecule has 1 atom stereocenters. The molecule has 23 heavy (non-hydrogen) atoms. The lowest BCUT2D eigenvalue weighted by atomic mass is 10.1. The smallest absolute Gasteiger partial charge is 0.246 e. The van der Waals surface area contributed by atoms with Crippen molar-refractivity contribution in [2.45, 2.75) is 32.7 Å². The van der Waals surface area contributed by atoms with E-state index in [1.165, 1.54) is 12.8 Å². The number of halogens is 1. The highest BCUT2D eigenvalue weighted by Gasteiger charge is 2.28. The molecular formula is C17H26ClN3O2. The second-order valence-electron chi connectivity index (χ2n) is 6.27. The van der Waals surface area contributed by atoms with Gasteiger partial charge in [-0.05, 0) is 36.8 Å². The van der Waals surface area contributed by atoms with Crippen LogP contribution in [-0.4, -0.2) is 30.9 Å². The SMILES string of the molecule is CC(C)[C@H](N)C(=O)NCC(=O)N(CC1CC1)c1ccccc1.Cl. The summed E-state index contributed by atoms with van der Waals surface area (Å²) >= 11 is 0. The van der Waals surface area contributed by atoms with Crippen LogP contribution in [0.15, 0.2) is 30.3 Å². The number of amides is 2. The maximum atomic E-state index is 12.5. The van der Waals surface area contributed by atoms with Gasteiger partial charge in [-0.15, -0.1) is 12.4 Å². The molecule has 5 nitrogen and oxygen atoms in total. The summed E-state index contributed by atoms with van der Waals surface area (Å²) in [6.07, 6.45) is 2.34. The van der Waals surface area contributed by atoms with Crippen molar-refractivity contribution in [1.82, 2.24) is 5.32 Å². The van der Waals surface area contributed by atoms with Crippen molar-refractivity contribution >= 4 is 29.9 Å². The molecule has 2 amide bonds. The maximum absolute atomic E-state index is 12.5. The minimum Gasteiger partial charge on any atom is -0.346 e. The lowest BCUT2D eigenvalue weighted by molar-refractivity contribution is -0.126.